The fourth-order valence-electron chi connectivity index (χ4n) is 1.63. The van der Waals surface area contributed by atoms with Crippen molar-refractivity contribution in [2.24, 2.45) is 0 Å². The summed E-state index contributed by atoms with van der Waals surface area (Å²) in [6, 6.07) is 0. The first-order chi connectivity index (χ1) is 9.15. The van der Waals surface area contributed by atoms with E-state index in [4.69, 9.17) is 0 Å². The Morgan fingerprint density at radius 2 is 2.37 bits per heavy atom. The summed E-state index contributed by atoms with van der Waals surface area (Å²) in [6.45, 7) is 3.18. The van der Waals surface area contributed by atoms with Crippen LogP contribution in [0.4, 0.5) is 0 Å². The van der Waals surface area contributed by atoms with Crippen LogP contribution in [0.2, 0.25) is 0 Å². The molecule has 0 saturated carbocycles. The Morgan fingerprint density at radius 1 is 1.53 bits per heavy atom. The van der Waals surface area contributed by atoms with Gasteiger partial charge in [-0.25, -0.2) is 9.67 Å². The van der Waals surface area contributed by atoms with Crippen molar-refractivity contribution in [1.29, 1.82) is 0 Å². The lowest BCUT2D eigenvalue weighted by Crippen LogP contribution is -2.26. The second kappa shape index (κ2) is 6.37. The molecule has 0 spiro atoms. The van der Waals surface area contributed by atoms with Gasteiger partial charge in [0.2, 0.25) is 5.91 Å². The van der Waals surface area contributed by atoms with Crippen LogP contribution >= 0.6 is 11.3 Å². The number of hydrogen-bond donors (Lipinski definition) is 0. The van der Waals surface area contributed by atoms with Crippen molar-refractivity contribution in [2.75, 3.05) is 7.05 Å². The van der Waals surface area contributed by atoms with Gasteiger partial charge in [0.15, 0.2) is 0 Å². The lowest BCUT2D eigenvalue weighted by molar-refractivity contribution is -0.130. The molecule has 7 nitrogen and oxygen atoms in total. The third-order valence-electron chi connectivity index (χ3n) is 2.63. The Kier molecular flexibility index (Phi) is 4.56. The van der Waals surface area contributed by atoms with Gasteiger partial charge in [0.05, 0.1) is 6.54 Å². The van der Waals surface area contributed by atoms with Gasteiger partial charge in [-0.15, -0.1) is 16.4 Å². The van der Waals surface area contributed by atoms with E-state index in [1.165, 1.54) is 0 Å². The molecule has 0 radical (unpaired) electrons. The number of rotatable bonds is 6. The second-order valence-electron chi connectivity index (χ2n) is 4.31. The topological polar surface area (TPSA) is 76.8 Å². The molecule has 2 rings (SSSR count). The summed E-state index contributed by atoms with van der Waals surface area (Å²) in [6.07, 6.45) is 2.76. The summed E-state index contributed by atoms with van der Waals surface area (Å²) in [5.74, 6) is 0.112. The molecule has 0 saturated heterocycles. The smallest absolute Gasteiger partial charge is 0.222 e. The lowest BCUT2D eigenvalue weighted by atomic mass is 10.3. The van der Waals surface area contributed by atoms with E-state index in [-0.39, 0.29) is 5.91 Å². The first-order valence-electron chi connectivity index (χ1n) is 6.01. The molecule has 19 heavy (non-hydrogen) atoms. The van der Waals surface area contributed by atoms with Crippen molar-refractivity contribution >= 4 is 17.2 Å². The maximum Gasteiger partial charge on any atom is 0.222 e. The molecule has 0 N–H and O–H groups in total. The molecule has 0 fully saturated rings. The first kappa shape index (κ1) is 13.6. The fraction of sp³-hybridized carbons (Fsp3) is 0.545. The molecule has 0 atom stereocenters. The molecule has 2 aromatic heterocycles. The summed E-state index contributed by atoms with van der Waals surface area (Å²) in [5.41, 5.74) is 1.000. The summed E-state index contributed by atoms with van der Waals surface area (Å²) in [5, 5.41) is 13.8. The molecule has 1 amide bonds. The van der Waals surface area contributed by atoms with Crippen molar-refractivity contribution in [3.05, 3.63) is 22.4 Å². The van der Waals surface area contributed by atoms with Gasteiger partial charge in [-0.3, -0.25) is 4.79 Å². The Bertz CT molecular complexity index is 523. The number of aryl methyl sites for hydroxylation is 2. The number of thiazole rings is 1. The zero-order valence-corrected chi connectivity index (χ0v) is 11.8. The molecule has 0 aliphatic rings. The number of hydrogen-bond acceptors (Lipinski definition) is 6. The van der Waals surface area contributed by atoms with Crippen LogP contribution in [0.3, 0.4) is 0 Å². The molecule has 0 unspecified atom stereocenters. The monoisotopic (exact) mass is 280 g/mol. The van der Waals surface area contributed by atoms with E-state index in [1.807, 2.05) is 12.3 Å². The summed E-state index contributed by atoms with van der Waals surface area (Å²) >= 11 is 1.58. The zero-order chi connectivity index (χ0) is 13.7. The quantitative estimate of drug-likeness (QED) is 0.785. The van der Waals surface area contributed by atoms with Crippen molar-refractivity contribution in [3.8, 4) is 0 Å². The van der Waals surface area contributed by atoms with Gasteiger partial charge in [-0.2, -0.15) is 0 Å². The standard InChI is InChI=1S/C11H16N6OS/c1-9-7-19-10(13-9)6-16(2)11(18)4-3-5-17-8-12-14-15-17/h7-8H,3-6H2,1-2H3. The van der Waals surface area contributed by atoms with Crippen molar-refractivity contribution in [1.82, 2.24) is 30.1 Å². The zero-order valence-electron chi connectivity index (χ0n) is 11.0. The minimum Gasteiger partial charge on any atom is -0.339 e. The highest BCUT2D eigenvalue weighted by Gasteiger charge is 2.11. The van der Waals surface area contributed by atoms with Gasteiger partial charge in [0.1, 0.15) is 11.3 Å². The molecule has 2 heterocycles. The average molecular weight is 280 g/mol. The Balaban J connectivity index is 1.73. The summed E-state index contributed by atoms with van der Waals surface area (Å²) in [7, 11) is 1.80. The summed E-state index contributed by atoms with van der Waals surface area (Å²) < 4.78 is 1.62. The second-order valence-corrected chi connectivity index (χ2v) is 5.25. The third-order valence-corrected chi connectivity index (χ3v) is 3.59. The van der Waals surface area contributed by atoms with E-state index >= 15 is 0 Å². The maximum absolute atomic E-state index is 11.9. The van der Waals surface area contributed by atoms with E-state index in [1.54, 1.807) is 34.3 Å². The molecule has 8 heteroatoms. The average Bonchev–Trinajstić information content (AvgIpc) is 3.01. The molecule has 102 valence electrons. The SMILES string of the molecule is Cc1csc(CN(C)C(=O)CCCn2cnnn2)n1. The van der Waals surface area contributed by atoms with Gasteiger partial charge in [0, 0.05) is 31.1 Å². The minimum absolute atomic E-state index is 0.112. The van der Waals surface area contributed by atoms with E-state index in [2.05, 4.69) is 20.5 Å². The number of carbonyl (C=O) groups is 1. The Morgan fingerprint density at radius 3 is 3.00 bits per heavy atom. The van der Waals surface area contributed by atoms with Crippen LogP contribution in [-0.2, 0) is 17.9 Å². The molecule has 0 aliphatic heterocycles. The highest BCUT2D eigenvalue weighted by atomic mass is 32.1. The van der Waals surface area contributed by atoms with Gasteiger partial charge in [-0.1, -0.05) is 0 Å². The minimum atomic E-state index is 0.112. The largest absolute Gasteiger partial charge is 0.339 e. The van der Waals surface area contributed by atoms with Crippen LogP contribution in [0.25, 0.3) is 0 Å². The normalized spacial score (nSPS) is 10.6. The van der Waals surface area contributed by atoms with Gasteiger partial charge in [0.25, 0.3) is 0 Å². The Labute approximate surface area is 115 Å². The first-order valence-corrected chi connectivity index (χ1v) is 6.89. The number of carbonyl (C=O) groups excluding carboxylic acids is 1. The van der Waals surface area contributed by atoms with Crippen LogP contribution in [-0.4, -0.2) is 43.0 Å². The number of amides is 1. The molecular formula is C11H16N6OS. The lowest BCUT2D eigenvalue weighted by Gasteiger charge is -2.15. The van der Waals surface area contributed by atoms with Crippen LogP contribution in [0.1, 0.15) is 23.5 Å². The third kappa shape index (κ3) is 4.09. The molecular weight excluding hydrogens is 264 g/mol. The van der Waals surface area contributed by atoms with Gasteiger partial charge in [-0.05, 0) is 23.8 Å². The van der Waals surface area contributed by atoms with E-state index in [0.29, 0.717) is 19.5 Å². The molecule has 0 bridgehead atoms. The van der Waals surface area contributed by atoms with Crippen LogP contribution in [0.5, 0.6) is 0 Å². The van der Waals surface area contributed by atoms with Crippen molar-refractivity contribution in [2.45, 2.75) is 32.9 Å². The van der Waals surface area contributed by atoms with E-state index < -0.39 is 0 Å². The number of nitrogens with zero attached hydrogens (tertiary/aromatic N) is 6. The highest BCUT2D eigenvalue weighted by molar-refractivity contribution is 7.09. The molecule has 0 aromatic carbocycles. The Hall–Kier alpha value is -1.83. The molecule has 0 aliphatic carbocycles. The predicted molar refractivity (Wildman–Crippen MR) is 70.4 cm³/mol. The predicted octanol–water partition coefficient (Wildman–Crippen LogP) is 0.877. The van der Waals surface area contributed by atoms with Crippen LogP contribution in [0, 0.1) is 6.92 Å². The highest BCUT2D eigenvalue weighted by Crippen LogP contribution is 2.11. The van der Waals surface area contributed by atoms with Crippen molar-refractivity contribution in [3.63, 3.8) is 0 Å². The molecule has 2 aromatic rings. The van der Waals surface area contributed by atoms with Crippen LogP contribution in [0.15, 0.2) is 11.7 Å². The number of aromatic nitrogens is 5. The fourth-order valence-corrected chi connectivity index (χ4v) is 2.46. The van der Waals surface area contributed by atoms with Crippen molar-refractivity contribution < 1.29 is 4.79 Å². The maximum atomic E-state index is 11.9. The number of tetrazole rings is 1. The van der Waals surface area contributed by atoms with Crippen LogP contribution < -0.4 is 0 Å². The summed E-state index contributed by atoms with van der Waals surface area (Å²) in [4.78, 5) is 18.0. The van der Waals surface area contributed by atoms with Gasteiger partial charge >= 0.3 is 0 Å². The van der Waals surface area contributed by atoms with E-state index in [9.17, 15) is 4.79 Å². The van der Waals surface area contributed by atoms with Gasteiger partial charge < -0.3 is 4.90 Å². The van der Waals surface area contributed by atoms with E-state index in [0.717, 1.165) is 17.1 Å².